The van der Waals surface area contributed by atoms with E-state index in [4.69, 9.17) is 4.74 Å². The monoisotopic (exact) mass is 352 g/mol. The third-order valence-electron chi connectivity index (χ3n) is 4.50. The quantitative estimate of drug-likeness (QED) is 0.540. The average Bonchev–Trinajstić information content (AvgIpc) is 3.14. The summed E-state index contributed by atoms with van der Waals surface area (Å²) in [4.78, 5) is 42.8. The van der Waals surface area contributed by atoms with Crippen molar-refractivity contribution in [3.8, 4) is 0 Å². The van der Waals surface area contributed by atoms with Gasteiger partial charge in [0.1, 0.15) is 5.69 Å². The van der Waals surface area contributed by atoms with Crippen LogP contribution in [0.3, 0.4) is 0 Å². The van der Waals surface area contributed by atoms with Crippen LogP contribution in [0.15, 0.2) is 30.5 Å². The minimum absolute atomic E-state index is 0.127. The number of aromatic nitrogens is 2. The van der Waals surface area contributed by atoms with Crippen LogP contribution in [0.2, 0.25) is 0 Å². The van der Waals surface area contributed by atoms with E-state index in [9.17, 15) is 14.4 Å². The number of carbonyl (C=O) groups is 3. The van der Waals surface area contributed by atoms with Gasteiger partial charge in [0.05, 0.1) is 0 Å². The second-order valence-electron chi connectivity index (χ2n) is 6.34. The summed E-state index contributed by atoms with van der Waals surface area (Å²) in [6.07, 6.45) is 0.667. The number of aromatic amines is 2. The van der Waals surface area contributed by atoms with Crippen molar-refractivity contribution in [2.75, 3.05) is 0 Å². The lowest BCUT2D eigenvalue weighted by atomic mass is 10.1. The van der Waals surface area contributed by atoms with Crippen LogP contribution in [-0.2, 0) is 4.74 Å². The van der Waals surface area contributed by atoms with Crippen LogP contribution in [-0.4, -0.2) is 33.6 Å². The molecule has 1 aromatic carbocycles. The molecule has 2 heterocycles. The Balaban J connectivity index is 1.83. The Kier molecular flexibility index (Phi) is 4.50. The molecule has 0 aliphatic carbocycles. The molecule has 0 bridgehead atoms. The number of nitrogens with one attached hydrogen (secondary N) is 2. The van der Waals surface area contributed by atoms with E-state index in [0.717, 1.165) is 10.9 Å². The van der Waals surface area contributed by atoms with E-state index in [0.29, 0.717) is 22.4 Å². The highest BCUT2D eigenvalue weighted by Gasteiger charge is 2.26. The number of carbonyl (C=O) groups excluding carboxylic acids is 3. The topological polar surface area (TPSA) is 92.0 Å². The summed E-state index contributed by atoms with van der Waals surface area (Å²) in [7, 11) is 0. The number of benzene rings is 1. The zero-order valence-electron chi connectivity index (χ0n) is 15.1. The van der Waals surface area contributed by atoms with Crippen LogP contribution >= 0.6 is 0 Å². The predicted molar refractivity (Wildman–Crippen MR) is 97.8 cm³/mol. The van der Waals surface area contributed by atoms with Gasteiger partial charge in [0.25, 0.3) is 0 Å². The van der Waals surface area contributed by atoms with Gasteiger partial charge in [0.15, 0.2) is 11.9 Å². The molecular weight excluding hydrogens is 332 g/mol. The summed E-state index contributed by atoms with van der Waals surface area (Å²) in [5.74, 6) is -1.07. The van der Waals surface area contributed by atoms with Crippen LogP contribution in [0.5, 0.6) is 0 Å². The third kappa shape index (κ3) is 2.94. The summed E-state index contributed by atoms with van der Waals surface area (Å²) in [5.41, 5.74) is 3.14. The first-order valence-corrected chi connectivity index (χ1v) is 8.32. The Morgan fingerprint density at radius 3 is 2.46 bits per heavy atom. The van der Waals surface area contributed by atoms with Crippen LogP contribution in [0.25, 0.3) is 10.9 Å². The predicted octanol–water partition coefficient (Wildman–Crippen LogP) is 3.74. The summed E-state index contributed by atoms with van der Waals surface area (Å²) < 4.78 is 5.35. The zero-order chi connectivity index (χ0) is 19.0. The maximum atomic E-state index is 12.7. The number of ether oxygens (including phenoxy) is 1. The van der Waals surface area contributed by atoms with Crippen molar-refractivity contribution in [1.29, 1.82) is 0 Å². The molecule has 3 rings (SSSR count). The van der Waals surface area contributed by atoms with Crippen molar-refractivity contribution in [2.24, 2.45) is 0 Å². The fourth-order valence-corrected chi connectivity index (χ4v) is 3.25. The van der Waals surface area contributed by atoms with Crippen molar-refractivity contribution in [1.82, 2.24) is 9.97 Å². The summed E-state index contributed by atoms with van der Waals surface area (Å²) in [5, 5.41) is 0.783. The SMILES string of the molecule is CC(=O)c1c(C)[nH]c(C(=O)OC(C)C(=O)c2c[nH]c3ccccc23)c1C. The molecule has 3 aromatic rings. The summed E-state index contributed by atoms with van der Waals surface area (Å²) >= 11 is 0. The van der Waals surface area contributed by atoms with E-state index >= 15 is 0 Å². The lowest BCUT2D eigenvalue weighted by molar-refractivity contribution is 0.0313. The van der Waals surface area contributed by atoms with Gasteiger partial charge < -0.3 is 14.7 Å². The van der Waals surface area contributed by atoms with Gasteiger partial charge in [-0.25, -0.2) is 4.79 Å². The van der Waals surface area contributed by atoms with Gasteiger partial charge in [0.2, 0.25) is 5.78 Å². The molecule has 0 fully saturated rings. The van der Waals surface area contributed by atoms with E-state index in [2.05, 4.69) is 9.97 Å². The van der Waals surface area contributed by atoms with E-state index in [1.54, 1.807) is 27.0 Å². The first kappa shape index (κ1) is 17.7. The number of esters is 1. The molecular formula is C20H20N2O4. The molecule has 1 unspecified atom stereocenters. The van der Waals surface area contributed by atoms with Crippen LogP contribution in [0.4, 0.5) is 0 Å². The molecule has 0 saturated heterocycles. The fraction of sp³-hybridized carbons (Fsp3) is 0.250. The van der Waals surface area contributed by atoms with Gasteiger partial charge >= 0.3 is 5.97 Å². The van der Waals surface area contributed by atoms with Crippen LogP contribution < -0.4 is 0 Å². The van der Waals surface area contributed by atoms with Crippen molar-refractivity contribution >= 4 is 28.4 Å². The van der Waals surface area contributed by atoms with E-state index < -0.39 is 12.1 Å². The molecule has 0 aliphatic heterocycles. The molecule has 0 amide bonds. The van der Waals surface area contributed by atoms with Crippen molar-refractivity contribution in [2.45, 2.75) is 33.8 Å². The molecule has 134 valence electrons. The number of H-pyrrole nitrogens is 2. The van der Waals surface area contributed by atoms with E-state index in [1.807, 2.05) is 24.3 Å². The third-order valence-corrected chi connectivity index (χ3v) is 4.50. The van der Waals surface area contributed by atoms with E-state index in [1.165, 1.54) is 6.92 Å². The highest BCUT2D eigenvalue weighted by molar-refractivity contribution is 6.10. The number of aryl methyl sites for hydroxylation is 1. The second-order valence-corrected chi connectivity index (χ2v) is 6.34. The number of para-hydroxylation sites is 1. The van der Waals surface area contributed by atoms with Gasteiger partial charge in [-0.1, -0.05) is 18.2 Å². The van der Waals surface area contributed by atoms with Crippen molar-refractivity contribution in [3.63, 3.8) is 0 Å². The molecule has 6 nitrogen and oxygen atoms in total. The van der Waals surface area contributed by atoms with E-state index in [-0.39, 0.29) is 17.3 Å². The highest BCUT2D eigenvalue weighted by Crippen LogP contribution is 2.22. The first-order chi connectivity index (χ1) is 12.3. The largest absolute Gasteiger partial charge is 0.450 e. The van der Waals surface area contributed by atoms with Gasteiger partial charge in [-0.15, -0.1) is 0 Å². The van der Waals surface area contributed by atoms with Crippen LogP contribution in [0.1, 0.15) is 56.3 Å². The second kappa shape index (κ2) is 6.63. The first-order valence-electron chi connectivity index (χ1n) is 8.32. The molecule has 6 heteroatoms. The van der Waals surface area contributed by atoms with Gasteiger partial charge in [0, 0.05) is 33.9 Å². The number of ketones is 2. The molecule has 0 saturated carbocycles. The minimum Gasteiger partial charge on any atom is -0.450 e. The number of fused-ring (bicyclic) bond motifs is 1. The minimum atomic E-state index is -0.953. The Morgan fingerprint density at radius 2 is 1.81 bits per heavy atom. The normalized spacial score (nSPS) is 12.2. The number of Topliss-reactive ketones (excluding diaryl/α,β-unsaturated/α-hetero) is 2. The molecule has 0 radical (unpaired) electrons. The number of hydrogen-bond donors (Lipinski definition) is 2. The molecule has 26 heavy (non-hydrogen) atoms. The molecule has 2 N–H and O–H groups in total. The maximum Gasteiger partial charge on any atom is 0.355 e. The summed E-state index contributed by atoms with van der Waals surface area (Å²) in [6, 6.07) is 7.43. The highest BCUT2D eigenvalue weighted by atomic mass is 16.5. The lowest BCUT2D eigenvalue weighted by Gasteiger charge is -2.12. The number of hydrogen-bond acceptors (Lipinski definition) is 4. The molecule has 2 aromatic heterocycles. The Hall–Kier alpha value is -3.15. The number of rotatable bonds is 5. The molecule has 0 aliphatic rings. The molecule has 1 atom stereocenters. The van der Waals surface area contributed by atoms with Crippen molar-refractivity contribution in [3.05, 3.63) is 58.5 Å². The van der Waals surface area contributed by atoms with Crippen LogP contribution in [0, 0.1) is 13.8 Å². The smallest absolute Gasteiger partial charge is 0.355 e. The fourth-order valence-electron chi connectivity index (χ4n) is 3.25. The maximum absolute atomic E-state index is 12.7. The Morgan fingerprint density at radius 1 is 1.12 bits per heavy atom. The van der Waals surface area contributed by atoms with Crippen molar-refractivity contribution < 1.29 is 19.1 Å². The average molecular weight is 352 g/mol. The van der Waals surface area contributed by atoms with Gasteiger partial charge in [-0.2, -0.15) is 0 Å². The lowest BCUT2D eigenvalue weighted by Crippen LogP contribution is -2.24. The van der Waals surface area contributed by atoms with Gasteiger partial charge in [-0.3, -0.25) is 9.59 Å². The van der Waals surface area contributed by atoms with Gasteiger partial charge in [-0.05, 0) is 39.3 Å². The Labute approximate surface area is 150 Å². The molecule has 0 spiro atoms. The summed E-state index contributed by atoms with van der Waals surface area (Å²) in [6.45, 7) is 6.39. The standard InChI is InChI=1S/C20H20N2O4/c1-10-17(12(3)23)11(2)22-18(10)20(25)26-13(4)19(24)15-9-21-16-8-6-5-7-14(15)16/h5-9,13,21-22H,1-4H3. The Bertz CT molecular complexity index is 1030. The zero-order valence-corrected chi connectivity index (χ0v) is 15.1.